The van der Waals surface area contributed by atoms with Gasteiger partial charge in [-0.2, -0.15) is 0 Å². The lowest BCUT2D eigenvalue weighted by Crippen LogP contribution is -2.30. The molecular weight excluding hydrogens is 1140 g/mol. The first kappa shape index (κ1) is 84.1. The third-order valence-corrected chi connectivity index (χ3v) is 17.4. The lowest BCUT2D eigenvalue weighted by atomic mass is 10.0. The number of aliphatic hydroxyl groups is 1. The molecule has 0 rings (SSSR count). The van der Waals surface area contributed by atoms with Crippen LogP contribution in [0.4, 0.5) is 0 Å². The molecule has 0 saturated carbocycles. The maximum atomic E-state index is 13.0. The van der Waals surface area contributed by atoms with E-state index in [4.69, 9.17) is 37.0 Å². The molecule has 0 bridgehead atoms. The van der Waals surface area contributed by atoms with Crippen LogP contribution in [0.1, 0.15) is 343 Å². The van der Waals surface area contributed by atoms with Crippen molar-refractivity contribution in [3.63, 3.8) is 0 Å². The van der Waals surface area contributed by atoms with Gasteiger partial charge < -0.3 is 33.8 Å². The second-order valence-electron chi connectivity index (χ2n) is 24.7. The highest BCUT2D eigenvalue weighted by Crippen LogP contribution is 2.45. The number of phosphoric ester groups is 2. The zero-order valence-electron chi connectivity index (χ0n) is 55.4. The average molecular weight is 1270 g/mol. The van der Waals surface area contributed by atoms with Crippen LogP contribution in [-0.2, 0) is 65.4 Å². The Bertz CT molecular complexity index is 1670. The van der Waals surface area contributed by atoms with E-state index < -0.39 is 97.5 Å². The molecule has 0 aromatic heterocycles. The lowest BCUT2D eigenvalue weighted by Gasteiger charge is -2.21. The van der Waals surface area contributed by atoms with Crippen LogP contribution in [0.2, 0.25) is 0 Å². The summed E-state index contributed by atoms with van der Waals surface area (Å²) in [7, 11) is -9.89. The van der Waals surface area contributed by atoms with Crippen LogP contribution in [0.3, 0.4) is 0 Å². The van der Waals surface area contributed by atoms with Crippen molar-refractivity contribution in [2.24, 2.45) is 5.92 Å². The molecule has 0 aliphatic rings. The van der Waals surface area contributed by atoms with E-state index in [2.05, 4.69) is 34.6 Å². The summed E-state index contributed by atoms with van der Waals surface area (Å²) in [4.78, 5) is 72.3. The fraction of sp³-hybridized carbons (Fsp3) is 0.940. The summed E-state index contributed by atoms with van der Waals surface area (Å²) in [5.74, 6) is -1.40. The van der Waals surface area contributed by atoms with Crippen molar-refractivity contribution in [2.45, 2.75) is 361 Å². The minimum absolute atomic E-state index is 0.106. The van der Waals surface area contributed by atoms with Crippen molar-refractivity contribution in [3.05, 3.63) is 0 Å². The summed E-state index contributed by atoms with van der Waals surface area (Å²) < 4.78 is 68.1. The first-order valence-corrected chi connectivity index (χ1v) is 38.1. The maximum Gasteiger partial charge on any atom is 0.472 e. The molecule has 0 heterocycles. The number of unbranched alkanes of at least 4 members (excludes halogenated alkanes) is 39. The van der Waals surface area contributed by atoms with Crippen molar-refractivity contribution in [2.75, 3.05) is 39.6 Å². The van der Waals surface area contributed by atoms with Crippen molar-refractivity contribution < 1.29 is 80.2 Å². The number of aliphatic hydroxyl groups excluding tert-OH is 1. The van der Waals surface area contributed by atoms with E-state index in [-0.39, 0.29) is 25.7 Å². The number of phosphoric acid groups is 2. The first-order valence-electron chi connectivity index (χ1n) is 35.1. The highest BCUT2D eigenvalue weighted by Gasteiger charge is 2.30. The fourth-order valence-electron chi connectivity index (χ4n) is 10.1. The SMILES string of the molecule is CCCCCCCCCCCCCCCCCCCC(=O)O[C@H](COC(=O)CCCCCCCCCCC(C)C)COP(=O)(O)OC[C@@H](O)COP(=O)(O)OC[C@@H](COC(=O)CCCCCCCCCCC)OC(=O)CCCCCCCCCCC. The monoisotopic (exact) mass is 1270 g/mol. The Morgan fingerprint density at radius 2 is 0.535 bits per heavy atom. The van der Waals surface area contributed by atoms with Gasteiger partial charge in [0.25, 0.3) is 0 Å². The molecule has 19 heteroatoms. The zero-order chi connectivity index (χ0) is 63.5. The molecule has 86 heavy (non-hydrogen) atoms. The van der Waals surface area contributed by atoms with E-state index >= 15 is 0 Å². The van der Waals surface area contributed by atoms with Crippen LogP contribution in [0, 0.1) is 5.92 Å². The molecule has 0 aliphatic carbocycles. The highest BCUT2D eigenvalue weighted by atomic mass is 31.2. The molecule has 510 valence electrons. The van der Waals surface area contributed by atoms with E-state index in [1.165, 1.54) is 167 Å². The molecule has 0 saturated heterocycles. The minimum Gasteiger partial charge on any atom is -0.462 e. The van der Waals surface area contributed by atoms with Crippen molar-refractivity contribution in [3.8, 4) is 0 Å². The number of hydrogen-bond acceptors (Lipinski definition) is 15. The Morgan fingerprint density at radius 3 is 0.791 bits per heavy atom. The second-order valence-corrected chi connectivity index (χ2v) is 27.6. The summed E-state index contributed by atoms with van der Waals surface area (Å²) in [5.41, 5.74) is 0. The van der Waals surface area contributed by atoms with Crippen LogP contribution in [0.15, 0.2) is 0 Å². The third kappa shape index (κ3) is 60.9. The third-order valence-electron chi connectivity index (χ3n) is 15.5. The van der Waals surface area contributed by atoms with Gasteiger partial charge in [-0.05, 0) is 31.6 Å². The van der Waals surface area contributed by atoms with E-state index in [0.717, 1.165) is 95.8 Å². The van der Waals surface area contributed by atoms with Gasteiger partial charge in [0.15, 0.2) is 12.2 Å². The van der Waals surface area contributed by atoms with Gasteiger partial charge in [0.2, 0.25) is 0 Å². The summed E-state index contributed by atoms with van der Waals surface area (Å²) in [6, 6.07) is 0. The Hall–Kier alpha value is -1.94. The topological polar surface area (TPSA) is 237 Å². The van der Waals surface area contributed by atoms with Crippen molar-refractivity contribution in [1.29, 1.82) is 0 Å². The maximum absolute atomic E-state index is 13.0. The normalized spacial score (nSPS) is 14.2. The average Bonchev–Trinajstić information content (AvgIpc) is 3.65. The van der Waals surface area contributed by atoms with Crippen molar-refractivity contribution in [1.82, 2.24) is 0 Å². The van der Waals surface area contributed by atoms with E-state index in [9.17, 15) is 43.2 Å². The number of ether oxygens (including phenoxy) is 4. The summed E-state index contributed by atoms with van der Waals surface area (Å²) in [5, 5.41) is 10.5. The van der Waals surface area contributed by atoms with Crippen molar-refractivity contribution >= 4 is 39.5 Å². The first-order chi connectivity index (χ1) is 41.5. The molecule has 0 aromatic carbocycles. The standard InChI is InChI=1S/C67H130O17P2/c1-6-9-12-15-18-21-22-23-24-25-26-27-28-31-38-43-48-53-67(72)84-63(57-78-65(70)51-46-41-36-33-32-34-39-44-49-60(4)5)59-82-86(75,76)80-55-61(68)54-79-85(73,74)81-58-62(83-66(71)52-47-42-37-30-20-17-14-11-8-3)56-77-64(69)50-45-40-35-29-19-16-13-10-7-2/h60-63,68H,6-59H2,1-5H3,(H,73,74)(H,75,76)/t61-,62+,63+/m0/s1. The number of hydrogen-bond donors (Lipinski definition) is 3. The number of carbonyl (C=O) groups excluding carboxylic acids is 4. The van der Waals surface area contributed by atoms with Gasteiger partial charge >= 0.3 is 39.5 Å². The Morgan fingerprint density at radius 1 is 0.314 bits per heavy atom. The summed E-state index contributed by atoms with van der Waals surface area (Å²) in [6.45, 7) is 7.16. The molecule has 2 unspecified atom stereocenters. The molecule has 0 spiro atoms. The number of carbonyl (C=O) groups is 4. The quantitative estimate of drug-likeness (QED) is 0.0222. The van der Waals surface area contributed by atoms with E-state index in [1.807, 2.05) is 0 Å². The smallest absolute Gasteiger partial charge is 0.462 e. The van der Waals surface area contributed by atoms with Gasteiger partial charge in [0, 0.05) is 25.7 Å². The molecule has 0 amide bonds. The molecule has 0 radical (unpaired) electrons. The Balaban J connectivity index is 5.20. The fourth-order valence-corrected chi connectivity index (χ4v) is 11.7. The van der Waals surface area contributed by atoms with E-state index in [0.29, 0.717) is 25.7 Å². The molecule has 0 aromatic rings. The zero-order valence-corrected chi connectivity index (χ0v) is 57.2. The van der Waals surface area contributed by atoms with Crippen LogP contribution in [0.25, 0.3) is 0 Å². The van der Waals surface area contributed by atoms with Crippen LogP contribution < -0.4 is 0 Å². The summed E-state index contributed by atoms with van der Waals surface area (Å²) in [6.07, 6.45) is 45.9. The van der Waals surface area contributed by atoms with Gasteiger partial charge in [-0.25, -0.2) is 9.13 Å². The lowest BCUT2D eigenvalue weighted by molar-refractivity contribution is -0.161. The number of esters is 4. The van der Waals surface area contributed by atoms with Gasteiger partial charge in [0.1, 0.15) is 19.3 Å². The molecule has 17 nitrogen and oxygen atoms in total. The number of rotatable bonds is 67. The molecular formula is C67H130O17P2. The summed E-state index contributed by atoms with van der Waals surface area (Å²) >= 11 is 0. The highest BCUT2D eigenvalue weighted by molar-refractivity contribution is 7.47. The molecule has 5 atom stereocenters. The van der Waals surface area contributed by atoms with Gasteiger partial charge in [-0.3, -0.25) is 37.3 Å². The van der Waals surface area contributed by atoms with Crippen LogP contribution in [0.5, 0.6) is 0 Å². The Kier molecular flexibility index (Phi) is 59.2. The molecule has 0 aliphatic heterocycles. The van der Waals surface area contributed by atoms with Gasteiger partial charge in [0.05, 0.1) is 26.4 Å². The second kappa shape index (κ2) is 60.6. The Labute approximate surface area is 524 Å². The molecule has 3 N–H and O–H groups in total. The minimum atomic E-state index is -4.95. The molecule has 0 fully saturated rings. The van der Waals surface area contributed by atoms with Crippen LogP contribution >= 0.6 is 15.6 Å². The van der Waals surface area contributed by atoms with E-state index in [1.54, 1.807) is 0 Å². The predicted molar refractivity (Wildman–Crippen MR) is 345 cm³/mol. The predicted octanol–water partition coefficient (Wildman–Crippen LogP) is 19.0. The van der Waals surface area contributed by atoms with Gasteiger partial charge in [-0.1, -0.05) is 291 Å². The van der Waals surface area contributed by atoms with Gasteiger partial charge in [-0.15, -0.1) is 0 Å². The van der Waals surface area contributed by atoms with Crippen LogP contribution in [-0.4, -0.2) is 96.7 Å². The largest absolute Gasteiger partial charge is 0.472 e.